The molecule has 2 rings (SSSR count). The van der Waals surface area contributed by atoms with E-state index in [9.17, 15) is 9.59 Å². The van der Waals surface area contributed by atoms with Crippen LogP contribution in [-0.4, -0.2) is 28.8 Å². The van der Waals surface area contributed by atoms with Gasteiger partial charge in [0.15, 0.2) is 0 Å². The Kier molecular flexibility index (Phi) is 4.51. The molecule has 1 heterocycles. The summed E-state index contributed by atoms with van der Waals surface area (Å²) in [4.78, 5) is 24.0. The van der Waals surface area contributed by atoms with E-state index in [-0.39, 0.29) is 16.5 Å². The van der Waals surface area contributed by atoms with Crippen molar-refractivity contribution in [2.45, 2.75) is 13.8 Å². The molecule has 0 radical (unpaired) electrons. The van der Waals surface area contributed by atoms with E-state index in [0.717, 1.165) is 5.69 Å². The Morgan fingerprint density at radius 1 is 1.32 bits per heavy atom. The van der Waals surface area contributed by atoms with Crippen LogP contribution in [0.4, 0.5) is 5.69 Å². The molecule has 0 fully saturated rings. The van der Waals surface area contributed by atoms with E-state index in [2.05, 4.69) is 15.2 Å². The monoisotopic (exact) mass is 321 g/mol. The number of benzene rings is 1. The standard InChI is InChI=1S/C15H16ClN3O3/c1-8-13(9(2)19(3)18-8)14(20)17-10-5-6-12(16)11(7-10)15(21)22-4/h5-7H,1-4H3,(H,17,20). The van der Waals surface area contributed by atoms with Gasteiger partial charge in [0.25, 0.3) is 5.91 Å². The van der Waals surface area contributed by atoms with Gasteiger partial charge in [0, 0.05) is 18.4 Å². The molecule has 0 aliphatic rings. The minimum absolute atomic E-state index is 0.196. The van der Waals surface area contributed by atoms with Gasteiger partial charge in [-0.1, -0.05) is 11.6 Å². The number of carbonyl (C=O) groups excluding carboxylic acids is 2. The van der Waals surface area contributed by atoms with Crippen LogP contribution in [0, 0.1) is 13.8 Å². The first-order chi connectivity index (χ1) is 10.3. The zero-order valence-electron chi connectivity index (χ0n) is 12.7. The molecule has 0 unspecified atom stereocenters. The Morgan fingerprint density at radius 3 is 2.55 bits per heavy atom. The van der Waals surface area contributed by atoms with Crippen LogP contribution >= 0.6 is 11.6 Å². The van der Waals surface area contributed by atoms with Crippen LogP contribution in [0.3, 0.4) is 0 Å². The maximum Gasteiger partial charge on any atom is 0.339 e. The van der Waals surface area contributed by atoms with E-state index in [1.54, 1.807) is 24.7 Å². The van der Waals surface area contributed by atoms with E-state index in [4.69, 9.17) is 11.6 Å². The van der Waals surface area contributed by atoms with E-state index >= 15 is 0 Å². The average Bonchev–Trinajstić information content (AvgIpc) is 2.73. The minimum atomic E-state index is -0.560. The summed E-state index contributed by atoms with van der Waals surface area (Å²) in [5.74, 6) is -0.851. The summed E-state index contributed by atoms with van der Waals surface area (Å²) in [7, 11) is 3.04. The molecule has 2 aromatic rings. The lowest BCUT2D eigenvalue weighted by atomic mass is 10.1. The summed E-state index contributed by atoms with van der Waals surface area (Å²) in [6, 6.07) is 4.63. The van der Waals surface area contributed by atoms with Gasteiger partial charge in [-0.25, -0.2) is 4.79 Å². The molecule has 6 nitrogen and oxygen atoms in total. The van der Waals surface area contributed by atoms with Crippen LogP contribution in [0.5, 0.6) is 0 Å². The molecule has 0 saturated heterocycles. The maximum atomic E-state index is 12.4. The first kappa shape index (κ1) is 16.0. The zero-order valence-corrected chi connectivity index (χ0v) is 13.5. The van der Waals surface area contributed by atoms with Crippen molar-refractivity contribution < 1.29 is 14.3 Å². The first-order valence-corrected chi connectivity index (χ1v) is 6.92. The Morgan fingerprint density at radius 2 is 2.00 bits per heavy atom. The van der Waals surface area contributed by atoms with Crippen molar-refractivity contribution >= 4 is 29.2 Å². The van der Waals surface area contributed by atoms with Gasteiger partial charge in [0.05, 0.1) is 29.0 Å². The third-order valence-corrected chi connectivity index (χ3v) is 3.70. The number of aromatic nitrogens is 2. The molecular formula is C15H16ClN3O3. The second-order valence-electron chi connectivity index (χ2n) is 4.81. The number of hydrogen-bond donors (Lipinski definition) is 1. The number of methoxy groups -OCH3 is 1. The fraction of sp³-hybridized carbons (Fsp3) is 0.267. The van der Waals surface area contributed by atoms with Crippen LogP contribution in [0.15, 0.2) is 18.2 Å². The summed E-state index contributed by atoms with van der Waals surface area (Å²) in [5, 5.41) is 7.21. The van der Waals surface area contributed by atoms with Gasteiger partial charge >= 0.3 is 5.97 Å². The van der Waals surface area contributed by atoms with Crippen molar-refractivity contribution in [3.63, 3.8) is 0 Å². The Bertz CT molecular complexity index is 753. The number of nitrogens with zero attached hydrogens (tertiary/aromatic N) is 2. The fourth-order valence-corrected chi connectivity index (χ4v) is 2.36. The second kappa shape index (κ2) is 6.19. The van der Waals surface area contributed by atoms with Crippen molar-refractivity contribution in [3.8, 4) is 0 Å². The van der Waals surface area contributed by atoms with E-state index in [0.29, 0.717) is 16.9 Å². The predicted molar refractivity (Wildman–Crippen MR) is 83.4 cm³/mol. The van der Waals surface area contributed by atoms with Crippen molar-refractivity contribution in [1.82, 2.24) is 9.78 Å². The first-order valence-electron chi connectivity index (χ1n) is 6.54. The third kappa shape index (κ3) is 2.96. The Balaban J connectivity index is 2.31. The van der Waals surface area contributed by atoms with Crippen molar-refractivity contribution in [3.05, 3.63) is 45.7 Å². The fourth-order valence-electron chi connectivity index (χ4n) is 2.17. The topological polar surface area (TPSA) is 73.2 Å². The molecule has 22 heavy (non-hydrogen) atoms. The highest BCUT2D eigenvalue weighted by molar-refractivity contribution is 6.33. The van der Waals surface area contributed by atoms with E-state index < -0.39 is 5.97 Å². The molecule has 1 aromatic heterocycles. The quantitative estimate of drug-likeness (QED) is 0.882. The van der Waals surface area contributed by atoms with Gasteiger partial charge in [0.1, 0.15) is 0 Å². The number of halogens is 1. The largest absolute Gasteiger partial charge is 0.465 e. The number of nitrogens with one attached hydrogen (secondary N) is 1. The maximum absolute atomic E-state index is 12.4. The molecule has 0 atom stereocenters. The molecule has 1 aromatic carbocycles. The summed E-state index contributed by atoms with van der Waals surface area (Å²) in [6.07, 6.45) is 0. The van der Waals surface area contributed by atoms with E-state index in [1.165, 1.54) is 19.2 Å². The van der Waals surface area contributed by atoms with Gasteiger partial charge < -0.3 is 10.1 Å². The van der Waals surface area contributed by atoms with Crippen molar-refractivity contribution in [2.24, 2.45) is 7.05 Å². The number of hydrogen-bond acceptors (Lipinski definition) is 4. The molecule has 0 saturated carbocycles. The average molecular weight is 322 g/mol. The molecule has 1 amide bonds. The van der Waals surface area contributed by atoms with Gasteiger partial charge in [-0.15, -0.1) is 0 Å². The third-order valence-electron chi connectivity index (χ3n) is 3.37. The SMILES string of the molecule is COC(=O)c1cc(NC(=O)c2c(C)nn(C)c2C)ccc1Cl. The number of esters is 1. The lowest BCUT2D eigenvalue weighted by Gasteiger charge is -2.08. The van der Waals surface area contributed by atoms with Gasteiger partial charge in [0.2, 0.25) is 0 Å². The Hall–Kier alpha value is -2.34. The highest BCUT2D eigenvalue weighted by Gasteiger charge is 2.18. The van der Waals surface area contributed by atoms with Gasteiger partial charge in [-0.2, -0.15) is 5.10 Å². The second-order valence-corrected chi connectivity index (χ2v) is 5.22. The van der Waals surface area contributed by atoms with Crippen LogP contribution < -0.4 is 5.32 Å². The highest BCUT2D eigenvalue weighted by atomic mass is 35.5. The van der Waals surface area contributed by atoms with Crippen LogP contribution in [0.25, 0.3) is 0 Å². The minimum Gasteiger partial charge on any atom is -0.465 e. The molecule has 1 N–H and O–H groups in total. The number of amides is 1. The van der Waals surface area contributed by atoms with Crippen LogP contribution in [0.1, 0.15) is 32.1 Å². The van der Waals surface area contributed by atoms with Crippen molar-refractivity contribution in [1.29, 1.82) is 0 Å². The number of ether oxygens (including phenoxy) is 1. The predicted octanol–water partition coefficient (Wildman–Crippen LogP) is 2.73. The normalized spacial score (nSPS) is 10.4. The summed E-state index contributed by atoms with van der Waals surface area (Å²) < 4.78 is 6.30. The lowest BCUT2D eigenvalue weighted by molar-refractivity contribution is 0.0600. The Labute approximate surface area is 133 Å². The number of carbonyl (C=O) groups is 2. The highest BCUT2D eigenvalue weighted by Crippen LogP contribution is 2.22. The zero-order chi connectivity index (χ0) is 16.4. The molecular weight excluding hydrogens is 306 g/mol. The molecule has 0 aliphatic carbocycles. The molecule has 7 heteroatoms. The van der Waals surface area contributed by atoms with Gasteiger partial charge in [-0.05, 0) is 32.0 Å². The van der Waals surface area contributed by atoms with Crippen LogP contribution in [0.2, 0.25) is 5.02 Å². The molecule has 0 bridgehead atoms. The number of anilines is 1. The van der Waals surface area contributed by atoms with Crippen molar-refractivity contribution in [2.75, 3.05) is 12.4 Å². The number of rotatable bonds is 3. The summed E-state index contributed by atoms with van der Waals surface area (Å²) in [5.41, 5.74) is 2.56. The smallest absolute Gasteiger partial charge is 0.339 e. The molecule has 0 aliphatic heterocycles. The van der Waals surface area contributed by atoms with E-state index in [1.807, 2.05) is 6.92 Å². The number of aryl methyl sites for hydroxylation is 2. The lowest BCUT2D eigenvalue weighted by Crippen LogP contribution is -2.14. The van der Waals surface area contributed by atoms with Crippen LogP contribution in [-0.2, 0) is 11.8 Å². The molecule has 116 valence electrons. The molecule has 0 spiro atoms. The summed E-state index contributed by atoms with van der Waals surface area (Å²) in [6.45, 7) is 3.58. The van der Waals surface area contributed by atoms with Gasteiger partial charge in [-0.3, -0.25) is 9.48 Å². The summed E-state index contributed by atoms with van der Waals surface area (Å²) >= 11 is 5.95.